The van der Waals surface area contributed by atoms with E-state index in [1.54, 1.807) is 30.2 Å². The fraction of sp³-hybridized carbons (Fsp3) is 0.238. The predicted octanol–water partition coefficient (Wildman–Crippen LogP) is 3.19. The molecule has 1 saturated heterocycles. The summed E-state index contributed by atoms with van der Waals surface area (Å²) in [6.07, 6.45) is 0. The number of anilines is 1. The second kappa shape index (κ2) is 7.72. The molecule has 1 aliphatic heterocycles. The van der Waals surface area contributed by atoms with Gasteiger partial charge in [0.1, 0.15) is 17.3 Å². The van der Waals surface area contributed by atoms with Crippen LogP contribution >= 0.6 is 0 Å². The highest BCUT2D eigenvalue weighted by atomic mass is 19.1. The van der Waals surface area contributed by atoms with Gasteiger partial charge in [-0.3, -0.25) is 9.89 Å². The third-order valence-electron chi connectivity index (χ3n) is 4.95. The zero-order valence-corrected chi connectivity index (χ0v) is 15.6. The molecule has 0 radical (unpaired) electrons. The fourth-order valence-electron chi connectivity index (χ4n) is 3.37. The zero-order chi connectivity index (χ0) is 19.5. The molecule has 1 N–H and O–H groups in total. The largest absolute Gasteiger partial charge is 0.497 e. The fourth-order valence-corrected chi connectivity index (χ4v) is 3.37. The highest BCUT2D eigenvalue weighted by Gasteiger charge is 2.24. The van der Waals surface area contributed by atoms with Crippen LogP contribution in [0, 0.1) is 5.82 Å². The van der Waals surface area contributed by atoms with Crippen LogP contribution in [0.5, 0.6) is 5.75 Å². The number of para-hydroxylation sites is 1. The van der Waals surface area contributed by atoms with E-state index in [1.165, 1.54) is 6.07 Å². The van der Waals surface area contributed by atoms with Crippen molar-refractivity contribution in [2.45, 2.75) is 0 Å². The molecule has 0 bridgehead atoms. The number of H-pyrrole nitrogens is 1. The Balaban J connectivity index is 1.42. The number of halogens is 1. The summed E-state index contributed by atoms with van der Waals surface area (Å²) in [6.45, 7) is 2.24. The molecular weight excluding hydrogens is 359 g/mol. The number of piperazine rings is 1. The summed E-state index contributed by atoms with van der Waals surface area (Å²) in [7, 11) is 1.62. The highest BCUT2D eigenvalue weighted by Crippen LogP contribution is 2.23. The summed E-state index contributed by atoms with van der Waals surface area (Å²) in [5.41, 5.74) is 2.64. The molecule has 0 atom stereocenters. The van der Waals surface area contributed by atoms with Crippen LogP contribution in [0.25, 0.3) is 11.3 Å². The lowest BCUT2D eigenvalue weighted by Gasteiger charge is -2.36. The molecule has 0 saturated carbocycles. The Kier molecular flexibility index (Phi) is 4.97. The molecule has 28 heavy (non-hydrogen) atoms. The van der Waals surface area contributed by atoms with E-state index in [2.05, 4.69) is 10.2 Å². The van der Waals surface area contributed by atoms with Crippen LogP contribution in [0.15, 0.2) is 54.6 Å². The van der Waals surface area contributed by atoms with E-state index in [1.807, 2.05) is 35.2 Å². The SMILES string of the molecule is COc1ccc(-c2cc(C(=O)N3CCN(c4ccccc4F)CC3)[nH]n2)cc1. The molecule has 6 nitrogen and oxygen atoms in total. The van der Waals surface area contributed by atoms with Gasteiger partial charge in [-0.2, -0.15) is 5.10 Å². The van der Waals surface area contributed by atoms with Crippen molar-refractivity contribution in [1.82, 2.24) is 15.1 Å². The number of carbonyl (C=O) groups excluding carboxylic acids is 1. The highest BCUT2D eigenvalue weighted by molar-refractivity contribution is 5.93. The molecule has 0 spiro atoms. The smallest absolute Gasteiger partial charge is 0.272 e. The molecule has 7 heteroatoms. The minimum absolute atomic E-state index is 0.0968. The monoisotopic (exact) mass is 380 g/mol. The van der Waals surface area contributed by atoms with E-state index in [-0.39, 0.29) is 11.7 Å². The van der Waals surface area contributed by atoms with Gasteiger partial charge in [0.05, 0.1) is 18.5 Å². The van der Waals surface area contributed by atoms with E-state index < -0.39 is 0 Å². The van der Waals surface area contributed by atoms with Crippen molar-refractivity contribution in [3.8, 4) is 17.0 Å². The number of methoxy groups -OCH3 is 1. The first-order valence-electron chi connectivity index (χ1n) is 9.14. The minimum atomic E-state index is -0.236. The summed E-state index contributed by atoms with van der Waals surface area (Å²) >= 11 is 0. The predicted molar refractivity (Wildman–Crippen MR) is 105 cm³/mol. The third-order valence-corrected chi connectivity index (χ3v) is 4.95. The lowest BCUT2D eigenvalue weighted by molar-refractivity contribution is 0.0740. The summed E-state index contributed by atoms with van der Waals surface area (Å²) in [5, 5.41) is 7.09. The molecule has 1 aromatic heterocycles. The van der Waals surface area contributed by atoms with E-state index in [0.717, 1.165) is 11.3 Å². The molecule has 144 valence electrons. The molecule has 0 unspecified atom stereocenters. The molecule has 2 heterocycles. The number of rotatable bonds is 4. The lowest BCUT2D eigenvalue weighted by Crippen LogP contribution is -2.49. The van der Waals surface area contributed by atoms with Gasteiger partial charge in [0.2, 0.25) is 0 Å². The van der Waals surface area contributed by atoms with E-state index >= 15 is 0 Å². The van der Waals surface area contributed by atoms with E-state index in [0.29, 0.717) is 43.3 Å². The van der Waals surface area contributed by atoms with Gasteiger partial charge >= 0.3 is 0 Å². The van der Waals surface area contributed by atoms with Crippen LogP contribution in [-0.2, 0) is 0 Å². The maximum Gasteiger partial charge on any atom is 0.272 e. The average molecular weight is 380 g/mol. The number of aromatic nitrogens is 2. The number of aromatic amines is 1. The van der Waals surface area contributed by atoms with Gasteiger partial charge in [0.25, 0.3) is 5.91 Å². The molecule has 4 rings (SSSR count). The second-order valence-electron chi connectivity index (χ2n) is 6.63. The quantitative estimate of drug-likeness (QED) is 0.755. The minimum Gasteiger partial charge on any atom is -0.497 e. The Hall–Kier alpha value is -3.35. The summed E-state index contributed by atoms with van der Waals surface area (Å²) in [6, 6.07) is 16.0. The van der Waals surface area contributed by atoms with Gasteiger partial charge in [-0.1, -0.05) is 12.1 Å². The average Bonchev–Trinajstić information content (AvgIpc) is 3.24. The number of hydrogen-bond donors (Lipinski definition) is 1. The van der Waals surface area contributed by atoms with Crippen LogP contribution < -0.4 is 9.64 Å². The van der Waals surface area contributed by atoms with Crippen molar-refractivity contribution >= 4 is 11.6 Å². The summed E-state index contributed by atoms with van der Waals surface area (Å²) in [4.78, 5) is 16.5. The Morgan fingerprint density at radius 2 is 1.79 bits per heavy atom. The first-order chi connectivity index (χ1) is 13.7. The maximum atomic E-state index is 14.0. The van der Waals surface area contributed by atoms with Gasteiger partial charge in [-0.05, 0) is 42.5 Å². The van der Waals surface area contributed by atoms with Crippen molar-refractivity contribution in [2.75, 3.05) is 38.2 Å². The lowest BCUT2D eigenvalue weighted by atomic mass is 10.1. The van der Waals surface area contributed by atoms with Gasteiger partial charge in [0, 0.05) is 31.7 Å². The van der Waals surface area contributed by atoms with Crippen molar-refractivity contribution in [3.05, 3.63) is 66.1 Å². The van der Waals surface area contributed by atoms with Gasteiger partial charge in [0.15, 0.2) is 0 Å². The number of nitrogens with one attached hydrogen (secondary N) is 1. The van der Waals surface area contributed by atoms with Crippen LogP contribution in [0.1, 0.15) is 10.5 Å². The van der Waals surface area contributed by atoms with Crippen LogP contribution in [0.4, 0.5) is 10.1 Å². The van der Waals surface area contributed by atoms with Gasteiger partial charge < -0.3 is 14.5 Å². The first-order valence-corrected chi connectivity index (χ1v) is 9.14. The zero-order valence-electron chi connectivity index (χ0n) is 15.6. The molecule has 0 aliphatic carbocycles. The second-order valence-corrected chi connectivity index (χ2v) is 6.63. The number of ether oxygens (including phenoxy) is 1. The Morgan fingerprint density at radius 1 is 1.07 bits per heavy atom. The van der Waals surface area contributed by atoms with E-state index in [9.17, 15) is 9.18 Å². The molecule has 1 amide bonds. The van der Waals surface area contributed by atoms with Crippen LogP contribution in [0.3, 0.4) is 0 Å². The third kappa shape index (κ3) is 3.55. The van der Waals surface area contributed by atoms with Crippen molar-refractivity contribution in [2.24, 2.45) is 0 Å². The Labute approximate surface area is 162 Å². The van der Waals surface area contributed by atoms with Crippen molar-refractivity contribution in [1.29, 1.82) is 0 Å². The molecule has 1 fully saturated rings. The van der Waals surface area contributed by atoms with Crippen molar-refractivity contribution in [3.63, 3.8) is 0 Å². The van der Waals surface area contributed by atoms with Crippen LogP contribution in [-0.4, -0.2) is 54.3 Å². The summed E-state index contributed by atoms with van der Waals surface area (Å²) < 4.78 is 19.1. The number of hydrogen-bond acceptors (Lipinski definition) is 4. The van der Waals surface area contributed by atoms with Gasteiger partial charge in [-0.15, -0.1) is 0 Å². The molecule has 3 aromatic rings. The number of nitrogens with zero attached hydrogens (tertiary/aromatic N) is 3. The topological polar surface area (TPSA) is 61.5 Å². The van der Waals surface area contributed by atoms with Gasteiger partial charge in [-0.25, -0.2) is 4.39 Å². The normalized spacial score (nSPS) is 14.2. The molecule has 2 aromatic carbocycles. The van der Waals surface area contributed by atoms with Crippen molar-refractivity contribution < 1.29 is 13.9 Å². The Morgan fingerprint density at radius 3 is 2.46 bits per heavy atom. The van der Waals surface area contributed by atoms with E-state index in [4.69, 9.17) is 4.74 Å². The standard InChI is InChI=1S/C21H21FN4O2/c1-28-16-8-6-15(7-9-16)18-14-19(24-23-18)21(27)26-12-10-25(11-13-26)20-5-3-2-4-17(20)22/h2-9,14H,10-13H2,1H3,(H,23,24). The maximum absolute atomic E-state index is 14.0. The first kappa shape index (κ1) is 18.0. The number of amides is 1. The van der Waals surface area contributed by atoms with Crippen LogP contribution in [0.2, 0.25) is 0 Å². The molecular formula is C21H21FN4O2. The molecule has 1 aliphatic rings. The number of benzene rings is 2. The summed E-state index contributed by atoms with van der Waals surface area (Å²) in [5.74, 6) is 0.434. The Bertz CT molecular complexity index is 963. The number of carbonyl (C=O) groups is 1.